The van der Waals surface area contributed by atoms with Crippen LogP contribution < -0.4 is 5.32 Å². The standard InChI is InChI=1S/C14H20N4O3/c1-4-15-13-5-11(12(6-16-13)18(20)21)14(19)17-7-9(2)10(3)8-17/h5-6,9-10H,4,7-8H2,1-3H3,(H,15,16). The maximum absolute atomic E-state index is 12.6. The van der Waals surface area contributed by atoms with E-state index in [4.69, 9.17) is 0 Å². The van der Waals surface area contributed by atoms with Gasteiger partial charge in [0, 0.05) is 25.7 Å². The maximum Gasteiger partial charge on any atom is 0.300 e. The van der Waals surface area contributed by atoms with Crippen molar-refractivity contribution in [1.82, 2.24) is 9.88 Å². The molecule has 1 aromatic rings. The highest BCUT2D eigenvalue weighted by atomic mass is 16.6. The Bertz CT molecular complexity index is 551. The highest BCUT2D eigenvalue weighted by Gasteiger charge is 2.33. The van der Waals surface area contributed by atoms with Gasteiger partial charge in [0.2, 0.25) is 0 Å². The molecule has 21 heavy (non-hydrogen) atoms. The Morgan fingerprint density at radius 1 is 1.48 bits per heavy atom. The van der Waals surface area contributed by atoms with E-state index in [-0.39, 0.29) is 17.2 Å². The van der Waals surface area contributed by atoms with Crippen molar-refractivity contribution in [3.63, 3.8) is 0 Å². The molecule has 2 heterocycles. The van der Waals surface area contributed by atoms with Crippen LogP contribution in [-0.2, 0) is 0 Å². The summed E-state index contributed by atoms with van der Waals surface area (Å²) >= 11 is 0. The smallest absolute Gasteiger partial charge is 0.300 e. The van der Waals surface area contributed by atoms with E-state index in [0.29, 0.717) is 37.3 Å². The van der Waals surface area contributed by atoms with E-state index in [1.54, 1.807) is 4.90 Å². The zero-order valence-corrected chi connectivity index (χ0v) is 12.5. The summed E-state index contributed by atoms with van der Waals surface area (Å²) in [6, 6.07) is 1.47. The van der Waals surface area contributed by atoms with Crippen LogP contribution in [-0.4, -0.2) is 40.3 Å². The van der Waals surface area contributed by atoms with Gasteiger partial charge in [0.05, 0.1) is 4.92 Å². The second-order valence-corrected chi connectivity index (χ2v) is 5.54. The number of aromatic nitrogens is 1. The van der Waals surface area contributed by atoms with E-state index < -0.39 is 4.92 Å². The number of amides is 1. The van der Waals surface area contributed by atoms with Crippen molar-refractivity contribution in [2.75, 3.05) is 25.0 Å². The molecule has 0 radical (unpaired) electrons. The fourth-order valence-electron chi connectivity index (χ4n) is 2.51. The van der Waals surface area contributed by atoms with Gasteiger partial charge >= 0.3 is 0 Å². The Hall–Kier alpha value is -2.18. The number of likely N-dealkylation sites (tertiary alicyclic amines) is 1. The lowest BCUT2D eigenvalue weighted by Gasteiger charge is -2.16. The molecule has 7 nitrogen and oxygen atoms in total. The number of nitro groups is 1. The fraction of sp³-hybridized carbons (Fsp3) is 0.571. The van der Waals surface area contributed by atoms with Crippen molar-refractivity contribution in [3.8, 4) is 0 Å². The van der Waals surface area contributed by atoms with E-state index in [9.17, 15) is 14.9 Å². The molecule has 0 saturated carbocycles. The van der Waals surface area contributed by atoms with Crippen LogP contribution in [0.2, 0.25) is 0 Å². The van der Waals surface area contributed by atoms with Gasteiger partial charge in [-0.2, -0.15) is 0 Å². The van der Waals surface area contributed by atoms with Crippen LogP contribution in [0.5, 0.6) is 0 Å². The molecule has 0 aromatic carbocycles. The molecule has 0 bridgehead atoms. The van der Waals surface area contributed by atoms with Crippen molar-refractivity contribution < 1.29 is 9.72 Å². The van der Waals surface area contributed by atoms with E-state index in [1.807, 2.05) is 6.92 Å². The number of rotatable bonds is 4. The molecule has 1 N–H and O–H groups in total. The van der Waals surface area contributed by atoms with Crippen LogP contribution >= 0.6 is 0 Å². The zero-order valence-electron chi connectivity index (χ0n) is 12.5. The molecule has 1 amide bonds. The first-order valence-electron chi connectivity index (χ1n) is 7.11. The number of hydrogen-bond donors (Lipinski definition) is 1. The maximum atomic E-state index is 12.6. The van der Waals surface area contributed by atoms with Gasteiger partial charge in [0.15, 0.2) is 0 Å². The molecule has 1 aromatic heterocycles. The molecular formula is C14H20N4O3. The van der Waals surface area contributed by atoms with Gasteiger partial charge < -0.3 is 10.2 Å². The summed E-state index contributed by atoms with van der Waals surface area (Å²) in [6.45, 7) is 7.97. The molecule has 7 heteroatoms. The van der Waals surface area contributed by atoms with E-state index in [0.717, 1.165) is 6.20 Å². The second kappa shape index (κ2) is 6.07. The van der Waals surface area contributed by atoms with Gasteiger partial charge in [-0.25, -0.2) is 4.98 Å². The van der Waals surface area contributed by atoms with Gasteiger partial charge in [-0.1, -0.05) is 13.8 Å². The lowest BCUT2D eigenvalue weighted by Crippen LogP contribution is -2.29. The normalized spacial score (nSPS) is 21.4. The topological polar surface area (TPSA) is 88.4 Å². The first-order chi connectivity index (χ1) is 9.93. The van der Waals surface area contributed by atoms with Crippen molar-refractivity contribution in [1.29, 1.82) is 0 Å². The Balaban J connectivity index is 2.33. The first kappa shape index (κ1) is 15.2. The molecule has 0 aliphatic carbocycles. The van der Waals surface area contributed by atoms with E-state index in [1.165, 1.54) is 6.07 Å². The van der Waals surface area contributed by atoms with Crippen molar-refractivity contribution in [2.24, 2.45) is 11.8 Å². The van der Waals surface area contributed by atoms with Gasteiger partial charge in [0.1, 0.15) is 17.6 Å². The van der Waals surface area contributed by atoms with Crippen LogP contribution in [0.15, 0.2) is 12.3 Å². The summed E-state index contributed by atoms with van der Waals surface area (Å²) in [5.74, 6) is 0.998. The second-order valence-electron chi connectivity index (χ2n) is 5.54. The van der Waals surface area contributed by atoms with Gasteiger partial charge in [-0.15, -0.1) is 0 Å². The minimum Gasteiger partial charge on any atom is -0.370 e. The highest BCUT2D eigenvalue weighted by Crippen LogP contribution is 2.27. The predicted octanol–water partition coefficient (Wildman–Crippen LogP) is 2.15. The number of nitrogens with zero attached hydrogens (tertiary/aromatic N) is 3. The summed E-state index contributed by atoms with van der Waals surface area (Å²) in [7, 11) is 0. The lowest BCUT2D eigenvalue weighted by atomic mass is 10.0. The minimum atomic E-state index is -0.557. The largest absolute Gasteiger partial charge is 0.370 e. The molecular weight excluding hydrogens is 272 g/mol. The number of anilines is 1. The van der Waals surface area contributed by atoms with Crippen molar-refractivity contribution >= 4 is 17.4 Å². The number of pyridine rings is 1. The zero-order chi connectivity index (χ0) is 15.6. The molecule has 1 aliphatic heterocycles. The summed E-state index contributed by atoms with van der Waals surface area (Å²) in [6.07, 6.45) is 1.15. The van der Waals surface area contributed by atoms with Crippen LogP contribution in [0.1, 0.15) is 31.1 Å². The molecule has 1 aliphatic rings. The van der Waals surface area contributed by atoms with Crippen LogP contribution in [0, 0.1) is 22.0 Å². The van der Waals surface area contributed by atoms with Crippen LogP contribution in [0.25, 0.3) is 0 Å². The third kappa shape index (κ3) is 3.12. The summed E-state index contributed by atoms with van der Waals surface area (Å²) < 4.78 is 0. The number of carbonyl (C=O) groups is 1. The quantitative estimate of drug-likeness (QED) is 0.678. The lowest BCUT2D eigenvalue weighted by molar-refractivity contribution is -0.385. The Morgan fingerprint density at radius 3 is 2.62 bits per heavy atom. The first-order valence-corrected chi connectivity index (χ1v) is 7.11. The monoisotopic (exact) mass is 292 g/mol. The summed E-state index contributed by atoms with van der Waals surface area (Å²) in [5, 5.41) is 14.1. The summed E-state index contributed by atoms with van der Waals surface area (Å²) in [4.78, 5) is 28.8. The van der Waals surface area contributed by atoms with Crippen LogP contribution in [0.3, 0.4) is 0 Å². The molecule has 1 saturated heterocycles. The average Bonchev–Trinajstić information content (AvgIpc) is 2.78. The van der Waals surface area contributed by atoms with Gasteiger partial charge in [0.25, 0.3) is 11.6 Å². The van der Waals surface area contributed by atoms with Crippen LogP contribution in [0.4, 0.5) is 11.5 Å². The molecule has 0 spiro atoms. The van der Waals surface area contributed by atoms with Gasteiger partial charge in [-0.3, -0.25) is 14.9 Å². The minimum absolute atomic E-state index is 0.104. The highest BCUT2D eigenvalue weighted by molar-refractivity contribution is 5.98. The number of carbonyl (C=O) groups excluding carboxylic acids is 1. The molecule has 114 valence electrons. The molecule has 2 unspecified atom stereocenters. The van der Waals surface area contributed by atoms with E-state index >= 15 is 0 Å². The third-order valence-electron chi connectivity index (χ3n) is 3.94. The predicted molar refractivity (Wildman–Crippen MR) is 79.3 cm³/mol. The fourth-order valence-corrected chi connectivity index (χ4v) is 2.51. The Kier molecular flexibility index (Phi) is 4.40. The number of nitrogens with one attached hydrogen (secondary N) is 1. The molecule has 2 rings (SSSR count). The number of hydrogen-bond acceptors (Lipinski definition) is 5. The van der Waals surface area contributed by atoms with Gasteiger partial charge in [-0.05, 0) is 18.8 Å². The Morgan fingerprint density at radius 2 is 2.10 bits per heavy atom. The Labute approximate surface area is 123 Å². The SMILES string of the molecule is CCNc1cc(C(=O)N2CC(C)C(C)C2)c([N+](=O)[O-])cn1. The van der Waals surface area contributed by atoms with Crippen molar-refractivity contribution in [3.05, 3.63) is 27.9 Å². The summed E-state index contributed by atoms with van der Waals surface area (Å²) in [5.41, 5.74) is -0.138. The average molecular weight is 292 g/mol. The third-order valence-corrected chi connectivity index (χ3v) is 3.94. The van der Waals surface area contributed by atoms with E-state index in [2.05, 4.69) is 24.1 Å². The molecule has 1 fully saturated rings. The molecule has 2 atom stereocenters. The van der Waals surface area contributed by atoms with Crippen molar-refractivity contribution in [2.45, 2.75) is 20.8 Å².